The smallest absolute Gasteiger partial charge is 0.329 e. The second-order valence-corrected chi connectivity index (χ2v) is 7.60. The van der Waals surface area contributed by atoms with E-state index < -0.39 is 11.2 Å². The number of fused-ring (bicyclic) bond motifs is 1. The number of nitrogens with one attached hydrogen (secondary N) is 1. The van der Waals surface area contributed by atoms with Crippen molar-refractivity contribution in [2.24, 2.45) is 0 Å². The summed E-state index contributed by atoms with van der Waals surface area (Å²) in [7, 11) is 1.61. The molecule has 1 aromatic carbocycles. The third kappa shape index (κ3) is 4.21. The SMILES string of the molecule is CCn1c(=O)[nH]c(=O)c2c(C(=O)N(C)CCOc3ccc(F)cc3)cc(C3CC3)nc21. The van der Waals surface area contributed by atoms with Crippen LogP contribution in [-0.2, 0) is 6.54 Å². The first-order chi connectivity index (χ1) is 14.9. The number of halogens is 1. The van der Waals surface area contributed by atoms with Crippen molar-refractivity contribution in [2.45, 2.75) is 32.2 Å². The van der Waals surface area contributed by atoms with E-state index in [1.54, 1.807) is 20.0 Å². The molecule has 0 aliphatic heterocycles. The molecule has 0 atom stereocenters. The fourth-order valence-electron chi connectivity index (χ4n) is 3.48. The number of ether oxygens (including phenoxy) is 1. The summed E-state index contributed by atoms with van der Waals surface area (Å²) in [6, 6.07) is 7.29. The molecule has 1 fully saturated rings. The molecule has 2 heterocycles. The van der Waals surface area contributed by atoms with Crippen LogP contribution in [0.4, 0.5) is 4.39 Å². The lowest BCUT2D eigenvalue weighted by Crippen LogP contribution is -2.35. The van der Waals surface area contributed by atoms with Gasteiger partial charge in [-0.2, -0.15) is 0 Å². The molecule has 0 bridgehead atoms. The predicted molar refractivity (Wildman–Crippen MR) is 113 cm³/mol. The number of carbonyl (C=O) groups is 1. The number of benzene rings is 1. The highest BCUT2D eigenvalue weighted by atomic mass is 19.1. The maximum Gasteiger partial charge on any atom is 0.329 e. The fourth-order valence-corrected chi connectivity index (χ4v) is 3.48. The average molecular weight is 426 g/mol. The largest absolute Gasteiger partial charge is 0.492 e. The summed E-state index contributed by atoms with van der Waals surface area (Å²) in [5.74, 6) is 0.0223. The summed E-state index contributed by atoms with van der Waals surface area (Å²) in [6.07, 6.45) is 1.93. The van der Waals surface area contributed by atoms with Gasteiger partial charge in [0, 0.05) is 25.2 Å². The number of aromatic nitrogens is 3. The first-order valence-electron chi connectivity index (χ1n) is 10.2. The molecule has 2 aromatic heterocycles. The zero-order valence-corrected chi connectivity index (χ0v) is 17.4. The van der Waals surface area contributed by atoms with E-state index in [1.165, 1.54) is 33.7 Å². The van der Waals surface area contributed by atoms with Crippen molar-refractivity contribution in [3.8, 4) is 5.75 Å². The molecule has 1 N–H and O–H groups in total. The van der Waals surface area contributed by atoms with Gasteiger partial charge in [-0.1, -0.05) is 0 Å². The summed E-state index contributed by atoms with van der Waals surface area (Å²) < 4.78 is 19.9. The number of aryl methyl sites for hydroxylation is 1. The Hall–Kier alpha value is -3.49. The Kier molecular flexibility index (Phi) is 5.58. The Morgan fingerprint density at radius 3 is 2.65 bits per heavy atom. The highest BCUT2D eigenvalue weighted by Crippen LogP contribution is 2.40. The number of rotatable bonds is 7. The number of nitrogens with zero attached hydrogens (tertiary/aromatic N) is 3. The van der Waals surface area contributed by atoms with Crippen molar-refractivity contribution in [1.29, 1.82) is 0 Å². The van der Waals surface area contributed by atoms with E-state index in [9.17, 15) is 18.8 Å². The molecule has 0 radical (unpaired) electrons. The van der Waals surface area contributed by atoms with E-state index in [1.807, 2.05) is 0 Å². The van der Waals surface area contributed by atoms with Gasteiger partial charge in [-0.05, 0) is 50.1 Å². The predicted octanol–water partition coefficient (Wildman–Crippen LogP) is 2.27. The first-order valence-corrected chi connectivity index (χ1v) is 10.2. The summed E-state index contributed by atoms with van der Waals surface area (Å²) in [4.78, 5) is 46.4. The highest BCUT2D eigenvalue weighted by Gasteiger charge is 2.29. The van der Waals surface area contributed by atoms with Crippen LogP contribution < -0.4 is 16.0 Å². The van der Waals surface area contributed by atoms with Crippen LogP contribution in [0, 0.1) is 5.82 Å². The lowest BCUT2D eigenvalue weighted by Gasteiger charge is -2.19. The van der Waals surface area contributed by atoms with Crippen molar-refractivity contribution >= 4 is 16.9 Å². The minimum Gasteiger partial charge on any atom is -0.492 e. The zero-order valence-electron chi connectivity index (χ0n) is 17.4. The van der Waals surface area contributed by atoms with Crippen molar-refractivity contribution in [1.82, 2.24) is 19.4 Å². The molecule has 1 aliphatic rings. The number of likely N-dealkylation sites (N-methyl/N-ethyl adjacent to an activating group) is 1. The van der Waals surface area contributed by atoms with Crippen LogP contribution in [-0.4, -0.2) is 45.5 Å². The molecule has 0 saturated heterocycles. The number of hydrogen-bond donors (Lipinski definition) is 1. The quantitative estimate of drug-likeness (QED) is 0.625. The molecular weight excluding hydrogens is 403 g/mol. The van der Waals surface area contributed by atoms with E-state index in [0.29, 0.717) is 12.3 Å². The summed E-state index contributed by atoms with van der Waals surface area (Å²) in [5, 5.41) is 0.113. The average Bonchev–Trinajstić information content (AvgIpc) is 3.59. The monoisotopic (exact) mass is 426 g/mol. The zero-order chi connectivity index (χ0) is 22.1. The molecule has 1 amide bonds. The van der Waals surface area contributed by atoms with Gasteiger partial charge in [-0.3, -0.25) is 19.1 Å². The number of aromatic amines is 1. The second kappa shape index (κ2) is 8.33. The summed E-state index contributed by atoms with van der Waals surface area (Å²) in [5.41, 5.74) is 0.0114. The van der Waals surface area contributed by atoms with E-state index in [4.69, 9.17) is 4.74 Å². The topological polar surface area (TPSA) is 97.3 Å². The van der Waals surface area contributed by atoms with Gasteiger partial charge in [-0.15, -0.1) is 0 Å². The number of carbonyl (C=O) groups excluding carboxylic acids is 1. The van der Waals surface area contributed by atoms with E-state index in [-0.39, 0.29) is 47.4 Å². The Morgan fingerprint density at radius 2 is 2.00 bits per heavy atom. The first kappa shape index (κ1) is 20.8. The van der Waals surface area contributed by atoms with E-state index in [0.717, 1.165) is 18.5 Å². The van der Waals surface area contributed by atoms with Crippen molar-refractivity contribution in [2.75, 3.05) is 20.2 Å². The number of hydrogen-bond acceptors (Lipinski definition) is 5. The van der Waals surface area contributed by atoms with Gasteiger partial charge in [0.25, 0.3) is 11.5 Å². The number of pyridine rings is 1. The number of H-pyrrole nitrogens is 1. The minimum absolute atomic E-state index is 0.113. The molecule has 9 heteroatoms. The molecule has 0 spiro atoms. The summed E-state index contributed by atoms with van der Waals surface area (Å²) >= 11 is 0. The lowest BCUT2D eigenvalue weighted by molar-refractivity contribution is 0.0775. The van der Waals surface area contributed by atoms with Gasteiger partial charge in [0.05, 0.1) is 17.5 Å². The minimum atomic E-state index is -0.626. The molecule has 0 unspecified atom stereocenters. The molecular formula is C22H23FN4O4. The van der Waals surface area contributed by atoms with Crippen LogP contribution in [0.2, 0.25) is 0 Å². The van der Waals surface area contributed by atoms with Crippen LogP contribution in [0.15, 0.2) is 39.9 Å². The van der Waals surface area contributed by atoms with Crippen LogP contribution in [0.1, 0.15) is 41.7 Å². The molecule has 1 saturated carbocycles. The normalized spacial score (nSPS) is 13.4. The van der Waals surface area contributed by atoms with Gasteiger partial charge in [0.2, 0.25) is 0 Å². The Labute approximate surface area is 177 Å². The Morgan fingerprint density at radius 1 is 1.29 bits per heavy atom. The molecule has 4 rings (SSSR count). The third-order valence-corrected chi connectivity index (χ3v) is 5.37. The van der Waals surface area contributed by atoms with Crippen molar-refractivity contribution in [3.63, 3.8) is 0 Å². The summed E-state index contributed by atoms with van der Waals surface area (Å²) in [6.45, 7) is 2.56. The molecule has 31 heavy (non-hydrogen) atoms. The van der Waals surface area contributed by atoms with Crippen LogP contribution in [0.5, 0.6) is 5.75 Å². The third-order valence-electron chi connectivity index (χ3n) is 5.37. The van der Waals surface area contributed by atoms with Gasteiger partial charge in [-0.25, -0.2) is 14.2 Å². The van der Waals surface area contributed by atoms with Gasteiger partial charge < -0.3 is 9.64 Å². The van der Waals surface area contributed by atoms with Crippen LogP contribution >= 0.6 is 0 Å². The van der Waals surface area contributed by atoms with Crippen LogP contribution in [0.25, 0.3) is 11.0 Å². The Bertz CT molecular complexity index is 1250. The fraction of sp³-hybridized carbons (Fsp3) is 0.364. The van der Waals surface area contributed by atoms with Crippen molar-refractivity contribution < 1.29 is 13.9 Å². The number of amides is 1. The molecule has 1 aliphatic carbocycles. The maximum absolute atomic E-state index is 13.2. The molecule has 162 valence electrons. The van der Waals surface area contributed by atoms with Gasteiger partial charge in [0.1, 0.15) is 18.2 Å². The van der Waals surface area contributed by atoms with Crippen molar-refractivity contribution in [3.05, 3.63) is 68.2 Å². The Balaban J connectivity index is 1.64. The van der Waals surface area contributed by atoms with E-state index in [2.05, 4.69) is 9.97 Å². The molecule has 8 nitrogen and oxygen atoms in total. The van der Waals surface area contributed by atoms with Crippen LogP contribution in [0.3, 0.4) is 0 Å². The van der Waals surface area contributed by atoms with Gasteiger partial charge in [0.15, 0.2) is 5.65 Å². The maximum atomic E-state index is 13.2. The van der Waals surface area contributed by atoms with Gasteiger partial charge >= 0.3 is 5.69 Å². The standard InChI is InChI=1S/C22H23FN4O4/c1-3-27-19-18(20(28)25-22(27)30)16(12-17(24-19)13-4-5-13)21(29)26(2)10-11-31-15-8-6-14(23)7-9-15/h6-9,12-13H,3-5,10-11H2,1-2H3,(H,25,28,30). The molecule has 3 aromatic rings. The second-order valence-electron chi connectivity index (χ2n) is 7.60. The highest BCUT2D eigenvalue weighted by molar-refractivity contribution is 6.05. The lowest BCUT2D eigenvalue weighted by atomic mass is 10.1. The van der Waals surface area contributed by atoms with E-state index >= 15 is 0 Å².